The van der Waals surface area contributed by atoms with Gasteiger partial charge in [-0.3, -0.25) is 0 Å². The zero-order chi connectivity index (χ0) is 7.98. The molecule has 0 bridgehead atoms. The van der Waals surface area contributed by atoms with Crippen LogP contribution in [-0.2, 0) is 0 Å². The van der Waals surface area contributed by atoms with Crippen molar-refractivity contribution in [2.75, 3.05) is 0 Å². The second-order valence-corrected chi connectivity index (χ2v) is 2.69. The van der Waals surface area contributed by atoms with Crippen molar-refractivity contribution >= 4 is 0 Å². The van der Waals surface area contributed by atoms with E-state index in [0.29, 0.717) is 6.42 Å². The minimum atomic E-state index is -1.29. The number of unbranched alkanes of at least 4 members (excludes halogenated alkanes) is 2. The highest BCUT2D eigenvalue weighted by Gasteiger charge is 2.13. The molecule has 2 unspecified atom stereocenters. The van der Waals surface area contributed by atoms with Gasteiger partial charge >= 0.3 is 0 Å². The van der Waals surface area contributed by atoms with E-state index in [4.69, 9.17) is 0 Å². The van der Waals surface area contributed by atoms with E-state index in [1.54, 1.807) is 0 Å². The minimum Gasteiger partial charge on any atom is -0.245 e. The van der Waals surface area contributed by atoms with Crippen molar-refractivity contribution in [1.82, 2.24) is 0 Å². The van der Waals surface area contributed by atoms with Crippen LogP contribution in [0.3, 0.4) is 0 Å². The fraction of sp³-hybridized carbons (Fsp3) is 1.00. The number of halogens is 2. The monoisotopic (exact) mass is 150 g/mol. The van der Waals surface area contributed by atoms with E-state index in [9.17, 15) is 8.78 Å². The van der Waals surface area contributed by atoms with Crippen molar-refractivity contribution < 1.29 is 8.78 Å². The lowest BCUT2D eigenvalue weighted by Gasteiger charge is -2.07. The Balaban J connectivity index is 3.13. The van der Waals surface area contributed by atoms with E-state index in [1.165, 1.54) is 6.92 Å². The van der Waals surface area contributed by atoms with Gasteiger partial charge in [-0.15, -0.1) is 0 Å². The van der Waals surface area contributed by atoms with Crippen LogP contribution in [0.15, 0.2) is 0 Å². The summed E-state index contributed by atoms with van der Waals surface area (Å²) >= 11 is 0. The Morgan fingerprint density at radius 3 is 2.20 bits per heavy atom. The lowest BCUT2D eigenvalue weighted by Crippen LogP contribution is -2.12. The van der Waals surface area contributed by atoms with Gasteiger partial charge < -0.3 is 0 Å². The predicted molar refractivity (Wildman–Crippen MR) is 39.6 cm³/mol. The van der Waals surface area contributed by atoms with Crippen LogP contribution >= 0.6 is 0 Å². The lowest BCUT2D eigenvalue weighted by molar-refractivity contribution is 0.169. The summed E-state index contributed by atoms with van der Waals surface area (Å²) in [6.45, 7) is 3.32. The second-order valence-electron chi connectivity index (χ2n) is 2.69. The molecule has 0 aromatic carbocycles. The van der Waals surface area contributed by atoms with Gasteiger partial charge in [0.1, 0.15) is 12.3 Å². The van der Waals surface area contributed by atoms with E-state index in [2.05, 4.69) is 0 Å². The van der Waals surface area contributed by atoms with Crippen LogP contribution in [0.2, 0.25) is 0 Å². The maximum Gasteiger partial charge on any atom is 0.131 e. The van der Waals surface area contributed by atoms with Crippen LogP contribution < -0.4 is 0 Å². The standard InChI is InChI=1S/C8H16F2/c1-3-4-5-6-8(10)7(2)9/h7-8H,3-6H2,1-2H3. The topological polar surface area (TPSA) is 0 Å². The van der Waals surface area contributed by atoms with Gasteiger partial charge in [-0.2, -0.15) is 0 Å². The molecule has 0 saturated heterocycles. The van der Waals surface area contributed by atoms with Crippen molar-refractivity contribution in [2.24, 2.45) is 0 Å². The summed E-state index contributed by atoms with van der Waals surface area (Å²) in [5, 5.41) is 0. The largest absolute Gasteiger partial charge is 0.245 e. The molecular formula is C8H16F2. The second kappa shape index (κ2) is 5.63. The highest BCUT2D eigenvalue weighted by molar-refractivity contribution is 4.62. The lowest BCUT2D eigenvalue weighted by atomic mass is 10.1. The zero-order valence-electron chi connectivity index (χ0n) is 6.74. The SMILES string of the molecule is CCCCCC(F)C(C)F. The van der Waals surface area contributed by atoms with Crippen LogP contribution in [0, 0.1) is 0 Å². The smallest absolute Gasteiger partial charge is 0.131 e. The normalized spacial score (nSPS) is 16.8. The third kappa shape index (κ3) is 4.71. The fourth-order valence-corrected chi connectivity index (χ4v) is 0.819. The summed E-state index contributed by atoms with van der Waals surface area (Å²) in [6.07, 6.45) is 0.723. The molecule has 0 saturated carbocycles. The molecule has 0 aromatic rings. The molecule has 2 heteroatoms. The van der Waals surface area contributed by atoms with Gasteiger partial charge in [0.15, 0.2) is 0 Å². The van der Waals surface area contributed by atoms with Gasteiger partial charge in [0.2, 0.25) is 0 Å². The average molecular weight is 150 g/mol. The average Bonchev–Trinajstić information content (AvgIpc) is 1.88. The van der Waals surface area contributed by atoms with Gasteiger partial charge in [0.25, 0.3) is 0 Å². The molecule has 0 aliphatic rings. The molecule has 0 rings (SSSR count). The van der Waals surface area contributed by atoms with Gasteiger partial charge in [0, 0.05) is 0 Å². The Morgan fingerprint density at radius 2 is 1.80 bits per heavy atom. The van der Waals surface area contributed by atoms with E-state index < -0.39 is 12.3 Å². The molecule has 0 fully saturated rings. The first kappa shape index (κ1) is 9.86. The zero-order valence-corrected chi connectivity index (χ0v) is 6.74. The van der Waals surface area contributed by atoms with Crippen LogP contribution in [-0.4, -0.2) is 12.3 Å². The molecule has 62 valence electrons. The Labute approximate surface area is 61.6 Å². The first-order valence-corrected chi connectivity index (χ1v) is 3.96. The minimum absolute atomic E-state index is 0.380. The Kier molecular flexibility index (Phi) is 5.55. The van der Waals surface area contributed by atoms with Gasteiger partial charge in [-0.1, -0.05) is 26.2 Å². The van der Waals surface area contributed by atoms with E-state index in [0.717, 1.165) is 19.3 Å². The maximum atomic E-state index is 12.5. The molecule has 2 atom stereocenters. The highest BCUT2D eigenvalue weighted by atomic mass is 19.2. The number of alkyl halides is 2. The van der Waals surface area contributed by atoms with Crippen molar-refractivity contribution in [3.05, 3.63) is 0 Å². The molecule has 0 spiro atoms. The Bertz CT molecular complexity index is 71.7. The molecule has 0 radical (unpaired) electrons. The third-order valence-electron chi connectivity index (χ3n) is 1.58. The summed E-state index contributed by atoms with van der Waals surface area (Å²) in [5.74, 6) is 0. The fourth-order valence-electron chi connectivity index (χ4n) is 0.819. The molecule has 0 heterocycles. The van der Waals surface area contributed by atoms with Crippen molar-refractivity contribution in [3.8, 4) is 0 Å². The maximum absolute atomic E-state index is 12.5. The molecule has 0 N–H and O–H groups in total. The molecule has 10 heavy (non-hydrogen) atoms. The molecule has 0 nitrogen and oxygen atoms in total. The molecule has 0 aliphatic heterocycles. The molecule has 0 aromatic heterocycles. The Hall–Kier alpha value is -0.140. The number of hydrogen-bond acceptors (Lipinski definition) is 0. The van der Waals surface area contributed by atoms with Crippen molar-refractivity contribution in [2.45, 2.75) is 51.9 Å². The van der Waals surface area contributed by atoms with E-state index in [1.807, 2.05) is 6.92 Å². The summed E-state index contributed by atoms with van der Waals surface area (Å²) in [6, 6.07) is 0. The predicted octanol–water partition coefficient (Wildman–Crippen LogP) is 3.26. The van der Waals surface area contributed by atoms with E-state index in [-0.39, 0.29) is 0 Å². The molecule has 0 aliphatic carbocycles. The van der Waals surface area contributed by atoms with Crippen molar-refractivity contribution in [1.29, 1.82) is 0 Å². The first-order chi connectivity index (χ1) is 4.68. The van der Waals surface area contributed by atoms with Crippen LogP contribution in [0.4, 0.5) is 8.78 Å². The van der Waals surface area contributed by atoms with Crippen LogP contribution in [0.1, 0.15) is 39.5 Å². The number of rotatable bonds is 5. The summed E-state index contributed by atoms with van der Waals surface area (Å²) in [4.78, 5) is 0. The van der Waals surface area contributed by atoms with E-state index >= 15 is 0 Å². The van der Waals surface area contributed by atoms with Gasteiger partial charge in [-0.05, 0) is 13.3 Å². The quantitative estimate of drug-likeness (QED) is 0.528. The van der Waals surface area contributed by atoms with Gasteiger partial charge in [0.05, 0.1) is 0 Å². The highest BCUT2D eigenvalue weighted by Crippen LogP contribution is 2.11. The molecular weight excluding hydrogens is 134 g/mol. The van der Waals surface area contributed by atoms with Crippen LogP contribution in [0.25, 0.3) is 0 Å². The summed E-state index contributed by atoms with van der Waals surface area (Å²) < 4.78 is 24.6. The molecule has 0 amide bonds. The number of hydrogen-bond donors (Lipinski definition) is 0. The summed E-state index contributed by atoms with van der Waals surface area (Å²) in [7, 11) is 0. The third-order valence-corrected chi connectivity index (χ3v) is 1.58. The van der Waals surface area contributed by atoms with Gasteiger partial charge in [-0.25, -0.2) is 8.78 Å². The van der Waals surface area contributed by atoms with Crippen molar-refractivity contribution in [3.63, 3.8) is 0 Å². The first-order valence-electron chi connectivity index (χ1n) is 3.96. The van der Waals surface area contributed by atoms with Crippen LogP contribution in [0.5, 0.6) is 0 Å². The Morgan fingerprint density at radius 1 is 1.20 bits per heavy atom. The summed E-state index contributed by atoms with van der Waals surface area (Å²) in [5.41, 5.74) is 0.